The molecule has 0 saturated carbocycles. The largest absolute Gasteiger partial charge is 0.464 e. The normalized spacial score (nSPS) is 16.2. The molecule has 1 aromatic heterocycles. The molecule has 5 nitrogen and oxygen atoms in total. The quantitative estimate of drug-likeness (QED) is 0.874. The Hall–Kier alpha value is -1.90. The van der Waals surface area contributed by atoms with E-state index in [2.05, 4.69) is 9.72 Å². The molecule has 8 heteroatoms. The maximum Gasteiger partial charge on any atom is 0.357 e. The summed E-state index contributed by atoms with van der Waals surface area (Å²) < 4.78 is 37.9. The van der Waals surface area contributed by atoms with E-state index in [4.69, 9.17) is 4.74 Å². The van der Waals surface area contributed by atoms with Crippen LogP contribution in [-0.4, -0.2) is 36.4 Å². The first kappa shape index (κ1) is 15.0. The van der Waals surface area contributed by atoms with E-state index in [1.807, 2.05) is 0 Å². The zero-order valence-corrected chi connectivity index (χ0v) is 12.2. The highest BCUT2D eigenvalue weighted by Crippen LogP contribution is 2.35. The topological polar surface area (TPSA) is 68.7 Å². The fourth-order valence-electron chi connectivity index (χ4n) is 2.10. The number of hydrogen-bond donors (Lipinski definition) is 1. The van der Waals surface area contributed by atoms with Gasteiger partial charge in [0.1, 0.15) is 22.2 Å². The molecule has 0 aliphatic carbocycles. The van der Waals surface area contributed by atoms with Gasteiger partial charge in [-0.2, -0.15) is 0 Å². The minimum Gasteiger partial charge on any atom is -0.464 e. The van der Waals surface area contributed by atoms with Gasteiger partial charge < -0.3 is 14.6 Å². The van der Waals surface area contributed by atoms with Gasteiger partial charge >= 0.3 is 5.97 Å². The first-order chi connectivity index (χ1) is 10.4. The molecule has 1 saturated heterocycles. The van der Waals surface area contributed by atoms with Crippen LogP contribution in [0.2, 0.25) is 0 Å². The number of aliphatic hydroxyl groups is 1. The molecule has 0 bridgehead atoms. The smallest absolute Gasteiger partial charge is 0.357 e. The molecule has 1 aliphatic heterocycles. The molecule has 1 aliphatic rings. The summed E-state index contributed by atoms with van der Waals surface area (Å²) in [6.07, 6.45) is 0. The first-order valence-electron chi connectivity index (χ1n) is 6.28. The van der Waals surface area contributed by atoms with Crippen molar-refractivity contribution in [1.29, 1.82) is 0 Å². The van der Waals surface area contributed by atoms with Crippen LogP contribution in [0.25, 0.3) is 10.6 Å². The monoisotopic (exact) mass is 327 g/mol. The number of hydrogen-bond acceptors (Lipinski definition) is 6. The summed E-state index contributed by atoms with van der Waals surface area (Å²) in [4.78, 5) is 15.2. The van der Waals surface area contributed by atoms with Crippen LogP contribution in [0.3, 0.4) is 0 Å². The summed E-state index contributed by atoms with van der Waals surface area (Å²) in [6, 6.07) is 2.11. The highest BCUT2D eigenvalue weighted by atomic mass is 32.1. The standard InChI is InChI=1S/C14H11F2NO4S/c1-20-13(18)10-4-22-12(17-10)11-8(15)2-7(3-9(11)16)14(19)5-21-6-14/h2-4,19H,5-6H2,1H3. The molecule has 0 atom stereocenters. The Morgan fingerprint density at radius 1 is 1.41 bits per heavy atom. The predicted molar refractivity (Wildman–Crippen MR) is 73.5 cm³/mol. The molecule has 1 fully saturated rings. The predicted octanol–water partition coefficient (Wildman–Crippen LogP) is 2.09. The fourth-order valence-corrected chi connectivity index (χ4v) is 2.93. The first-order valence-corrected chi connectivity index (χ1v) is 7.16. The third kappa shape index (κ3) is 2.39. The minimum absolute atomic E-state index is 0.00499. The van der Waals surface area contributed by atoms with E-state index in [9.17, 15) is 18.7 Å². The Morgan fingerprint density at radius 2 is 2.05 bits per heavy atom. The molecule has 3 rings (SSSR count). The molecular weight excluding hydrogens is 316 g/mol. The van der Waals surface area contributed by atoms with Crippen molar-refractivity contribution in [3.05, 3.63) is 40.4 Å². The Bertz CT molecular complexity index is 719. The number of nitrogens with zero attached hydrogens (tertiary/aromatic N) is 1. The Labute approximate surface area is 128 Å². The molecule has 2 aromatic rings. The molecule has 2 heterocycles. The Morgan fingerprint density at radius 3 is 2.55 bits per heavy atom. The van der Waals surface area contributed by atoms with Crippen LogP contribution in [-0.2, 0) is 15.1 Å². The van der Waals surface area contributed by atoms with Gasteiger partial charge in [-0.3, -0.25) is 0 Å². The number of thiazole rings is 1. The van der Waals surface area contributed by atoms with E-state index in [-0.39, 0.29) is 35.0 Å². The number of ether oxygens (including phenoxy) is 2. The van der Waals surface area contributed by atoms with Gasteiger partial charge in [-0.05, 0) is 17.7 Å². The van der Waals surface area contributed by atoms with Crippen LogP contribution >= 0.6 is 11.3 Å². The number of methoxy groups -OCH3 is 1. The van der Waals surface area contributed by atoms with Crippen molar-refractivity contribution in [2.75, 3.05) is 20.3 Å². The number of carbonyl (C=O) groups excluding carboxylic acids is 1. The molecule has 116 valence electrons. The van der Waals surface area contributed by atoms with Crippen molar-refractivity contribution in [1.82, 2.24) is 4.98 Å². The molecule has 22 heavy (non-hydrogen) atoms. The van der Waals surface area contributed by atoms with Gasteiger partial charge in [0.05, 0.1) is 25.9 Å². The van der Waals surface area contributed by atoms with E-state index in [1.165, 1.54) is 12.5 Å². The number of benzene rings is 1. The van der Waals surface area contributed by atoms with Crippen LogP contribution in [0.4, 0.5) is 8.78 Å². The number of aromatic nitrogens is 1. The fraction of sp³-hybridized carbons (Fsp3) is 0.286. The second-order valence-electron chi connectivity index (χ2n) is 4.87. The number of carbonyl (C=O) groups is 1. The molecule has 1 aromatic carbocycles. The molecule has 0 unspecified atom stereocenters. The Kier molecular flexibility index (Phi) is 3.67. The second kappa shape index (κ2) is 5.38. The molecule has 0 radical (unpaired) electrons. The molecule has 0 spiro atoms. The lowest BCUT2D eigenvalue weighted by Crippen LogP contribution is -2.46. The van der Waals surface area contributed by atoms with E-state index >= 15 is 0 Å². The zero-order valence-electron chi connectivity index (χ0n) is 11.4. The zero-order chi connectivity index (χ0) is 15.9. The summed E-state index contributed by atoms with van der Waals surface area (Å²) in [6.45, 7) is -0.00999. The highest BCUT2D eigenvalue weighted by Gasteiger charge is 2.39. The third-order valence-electron chi connectivity index (χ3n) is 3.37. The summed E-state index contributed by atoms with van der Waals surface area (Å²) in [5.74, 6) is -2.40. The Balaban J connectivity index is 2.01. The average Bonchev–Trinajstić information content (AvgIpc) is 2.92. The average molecular weight is 327 g/mol. The van der Waals surface area contributed by atoms with Crippen LogP contribution in [0.15, 0.2) is 17.5 Å². The second-order valence-corrected chi connectivity index (χ2v) is 5.73. The third-order valence-corrected chi connectivity index (χ3v) is 4.23. The number of esters is 1. The van der Waals surface area contributed by atoms with Gasteiger partial charge in [0.25, 0.3) is 0 Å². The molecule has 1 N–H and O–H groups in total. The van der Waals surface area contributed by atoms with Crippen molar-refractivity contribution >= 4 is 17.3 Å². The molecular formula is C14H11F2NO4S. The van der Waals surface area contributed by atoms with E-state index in [0.29, 0.717) is 0 Å². The minimum atomic E-state index is -1.36. The van der Waals surface area contributed by atoms with Gasteiger partial charge in [-0.25, -0.2) is 18.6 Å². The van der Waals surface area contributed by atoms with Gasteiger partial charge in [0.15, 0.2) is 5.69 Å². The lowest BCUT2D eigenvalue weighted by Gasteiger charge is -2.36. The van der Waals surface area contributed by atoms with Gasteiger partial charge in [0, 0.05) is 5.38 Å². The van der Waals surface area contributed by atoms with Crippen molar-refractivity contribution in [2.45, 2.75) is 5.60 Å². The summed E-state index contributed by atoms with van der Waals surface area (Å²) in [5.41, 5.74) is -1.60. The van der Waals surface area contributed by atoms with Gasteiger partial charge in [0.2, 0.25) is 0 Å². The lowest BCUT2D eigenvalue weighted by atomic mass is 9.91. The maximum absolute atomic E-state index is 14.2. The highest BCUT2D eigenvalue weighted by molar-refractivity contribution is 7.13. The lowest BCUT2D eigenvalue weighted by molar-refractivity contribution is -0.184. The van der Waals surface area contributed by atoms with Gasteiger partial charge in [-0.1, -0.05) is 0 Å². The summed E-state index contributed by atoms with van der Waals surface area (Å²) in [5, 5.41) is 11.5. The summed E-state index contributed by atoms with van der Waals surface area (Å²) in [7, 11) is 1.19. The molecule has 0 amide bonds. The van der Waals surface area contributed by atoms with Crippen molar-refractivity contribution in [3.8, 4) is 10.6 Å². The van der Waals surface area contributed by atoms with Gasteiger partial charge in [-0.15, -0.1) is 11.3 Å². The van der Waals surface area contributed by atoms with Crippen molar-refractivity contribution in [3.63, 3.8) is 0 Å². The van der Waals surface area contributed by atoms with Crippen LogP contribution in [0.5, 0.6) is 0 Å². The van der Waals surface area contributed by atoms with E-state index < -0.39 is 23.2 Å². The number of halogens is 2. The number of rotatable bonds is 3. The SMILES string of the molecule is COC(=O)c1csc(-c2c(F)cc(C3(O)COC3)cc2F)n1. The van der Waals surface area contributed by atoms with E-state index in [0.717, 1.165) is 23.5 Å². The van der Waals surface area contributed by atoms with E-state index in [1.54, 1.807) is 0 Å². The van der Waals surface area contributed by atoms with Crippen LogP contribution in [0.1, 0.15) is 16.1 Å². The van der Waals surface area contributed by atoms with Crippen LogP contribution in [0, 0.1) is 11.6 Å². The maximum atomic E-state index is 14.2. The summed E-state index contributed by atoms with van der Waals surface area (Å²) >= 11 is 0.929. The van der Waals surface area contributed by atoms with Crippen molar-refractivity contribution < 1.29 is 28.2 Å². The van der Waals surface area contributed by atoms with Crippen molar-refractivity contribution in [2.24, 2.45) is 0 Å². The van der Waals surface area contributed by atoms with Crippen LogP contribution < -0.4 is 0 Å².